The molecule has 0 bridgehead atoms. The fourth-order valence-corrected chi connectivity index (χ4v) is 6.74. The van der Waals surface area contributed by atoms with E-state index in [9.17, 15) is 18.0 Å². The first kappa shape index (κ1) is 33.7. The van der Waals surface area contributed by atoms with E-state index in [2.05, 4.69) is 5.32 Å². The van der Waals surface area contributed by atoms with E-state index < -0.39 is 28.5 Å². The largest absolute Gasteiger partial charge is 0.352 e. The first-order valence-electron chi connectivity index (χ1n) is 15.0. The first-order valence-corrected chi connectivity index (χ1v) is 16.8. The summed E-state index contributed by atoms with van der Waals surface area (Å²) in [5, 5.41) is 3.39. The predicted molar refractivity (Wildman–Crippen MR) is 181 cm³/mol. The molecule has 4 aromatic carbocycles. The molecule has 1 N–H and O–H groups in total. The fraction of sp³-hybridized carbons (Fsp3) is 0.278. The predicted octanol–water partition coefficient (Wildman–Crippen LogP) is 6.71. The second-order valence-corrected chi connectivity index (χ2v) is 13.6. The Balaban J connectivity index is 1.83. The lowest BCUT2D eigenvalue weighted by atomic mass is 10.0. The zero-order valence-electron chi connectivity index (χ0n) is 26.1. The third-order valence-corrected chi connectivity index (χ3v) is 9.77. The molecule has 0 aliphatic rings. The van der Waals surface area contributed by atoms with Crippen LogP contribution in [0.25, 0.3) is 0 Å². The molecule has 2 amide bonds. The van der Waals surface area contributed by atoms with Crippen LogP contribution >= 0.6 is 11.6 Å². The minimum absolute atomic E-state index is 0.0396. The van der Waals surface area contributed by atoms with Crippen molar-refractivity contribution in [3.8, 4) is 0 Å². The monoisotopic (exact) mass is 645 g/mol. The van der Waals surface area contributed by atoms with Crippen molar-refractivity contribution in [1.82, 2.24) is 10.2 Å². The number of halogens is 1. The van der Waals surface area contributed by atoms with Gasteiger partial charge in [-0.15, -0.1) is 0 Å². The van der Waals surface area contributed by atoms with Gasteiger partial charge in [-0.3, -0.25) is 13.9 Å². The molecule has 4 aromatic rings. The Morgan fingerprint density at radius 3 is 2.13 bits per heavy atom. The van der Waals surface area contributed by atoms with Crippen molar-refractivity contribution < 1.29 is 18.0 Å². The van der Waals surface area contributed by atoms with Gasteiger partial charge in [-0.25, -0.2) is 8.42 Å². The van der Waals surface area contributed by atoms with E-state index in [0.29, 0.717) is 22.7 Å². The number of sulfonamides is 1. The van der Waals surface area contributed by atoms with Crippen LogP contribution < -0.4 is 9.62 Å². The van der Waals surface area contributed by atoms with Crippen LogP contribution in [-0.4, -0.2) is 43.8 Å². The van der Waals surface area contributed by atoms with Gasteiger partial charge in [0.05, 0.1) is 10.6 Å². The zero-order valence-corrected chi connectivity index (χ0v) is 27.7. The molecule has 0 fully saturated rings. The van der Waals surface area contributed by atoms with Crippen LogP contribution in [0.15, 0.2) is 108 Å². The lowest BCUT2D eigenvalue weighted by Gasteiger charge is -2.34. The molecule has 0 radical (unpaired) electrons. The summed E-state index contributed by atoms with van der Waals surface area (Å²) in [6.45, 7) is 7.20. The SMILES string of the molecule is CC[C@H](C)NC(=O)[C@@H](Cc1ccccc1)N(Cc1cccc(C)c1)C(=O)CN(c1cc(Cl)ccc1C)S(=O)(=O)c1ccccc1. The van der Waals surface area contributed by atoms with E-state index in [1.54, 1.807) is 43.3 Å². The van der Waals surface area contributed by atoms with Crippen molar-refractivity contribution in [2.45, 2.75) is 64.1 Å². The summed E-state index contributed by atoms with van der Waals surface area (Å²) in [4.78, 5) is 30.1. The van der Waals surface area contributed by atoms with Crippen molar-refractivity contribution in [3.05, 3.63) is 130 Å². The van der Waals surface area contributed by atoms with Gasteiger partial charge in [-0.2, -0.15) is 0 Å². The number of rotatable bonds is 13. The highest BCUT2D eigenvalue weighted by atomic mass is 35.5. The molecule has 45 heavy (non-hydrogen) atoms. The van der Waals surface area contributed by atoms with E-state index in [1.807, 2.05) is 75.4 Å². The van der Waals surface area contributed by atoms with Crippen LogP contribution in [0.3, 0.4) is 0 Å². The third-order valence-electron chi connectivity index (χ3n) is 7.76. The summed E-state index contributed by atoms with van der Waals surface area (Å²) in [6.07, 6.45) is 0.967. The number of nitrogens with one attached hydrogen (secondary N) is 1. The van der Waals surface area contributed by atoms with Gasteiger partial charge in [0, 0.05) is 24.0 Å². The average Bonchev–Trinajstić information content (AvgIpc) is 3.03. The summed E-state index contributed by atoms with van der Waals surface area (Å²) < 4.78 is 29.4. The van der Waals surface area contributed by atoms with Crippen molar-refractivity contribution in [2.24, 2.45) is 0 Å². The second kappa shape index (κ2) is 15.2. The number of aryl methyl sites for hydroxylation is 2. The normalized spacial score (nSPS) is 12.6. The highest BCUT2D eigenvalue weighted by Gasteiger charge is 2.35. The number of amides is 2. The van der Waals surface area contributed by atoms with Gasteiger partial charge < -0.3 is 10.2 Å². The second-order valence-electron chi connectivity index (χ2n) is 11.3. The Morgan fingerprint density at radius 2 is 1.49 bits per heavy atom. The Hall–Kier alpha value is -4.14. The molecular formula is C36H40ClN3O4S. The van der Waals surface area contributed by atoms with E-state index in [1.165, 1.54) is 17.0 Å². The summed E-state index contributed by atoms with van der Waals surface area (Å²) in [6, 6.07) is 29.2. The molecule has 2 atom stereocenters. The summed E-state index contributed by atoms with van der Waals surface area (Å²) >= 11 is 6.35. The van der Waals surface area contributed by atoms with Crippen LogP contribution in [0, 0.1) is 13.8 Å². The lowest BCUT2D eigenvalue weighted by molar-refractivity contribution is -0.140. The quantitative estimate of drug-likeness (QED) is 0.175. The Morgan fingerprint density at radius 1 is 0.844 bits per heavy atom. The number of nitrogens with zero attached hydrogens (tertiary/aromatic N) is 2. The van der Waals surface area contributed by atoms with Gasteiger partial charge in [0.25, 0.3) is 10.0 Å². The molecule has 0 unspecified atom stereocenters. The topological polar surface area (TPSA) is 86.8 Å². The zero-order chi connectivity index (χ0) is 32.6. The lowest BCUT2D eigenvalue weighted by Crippen LogP contribution is -2.54. The standard InChI is InChI=1S/C36H40ClN3O4S/c1-5-28(4)38-36(42)34(22-29-14-8-6-9-15-29)39(24-30-16-12-13-26(2)21-30)35(41)25-40(33-23-31(37)20-19-27(33)3)45(43,44)32-17-10-7-11-18-32/h6-21,23,28,34H,5,22,24-25H2,1-4H3,(H,38,42)/t28-,34+/m0/s1. The van der Waals surface area contributed by atoms with E-state index in [0.717, 1.165) is 21.0 Å². The van der Waals surface area contributed by atoms with Gasteiger partial charge in [0.2, 0.25) is 11.8 Å². The van der Waals surface area contributed by atoms with Crippen molar-refractivity contribution in [3.63, 3.8) is 0 Å². The Kier molecular flexibility index (Phi) is 11.4. The summed E-state index contributed by atoms with van der Waals surface area (Å²) in [5.74, 6) is -0.818. The van der Waals surface area contributed by atoms with Crippen LogP contribution in [0.1, 0.15) is 42.5 Å². The number of carbonyl (C=O) groups excluding carboxylic acids is 2. The molecule has 7 nitrogen and oxygen atoms in total. The first-order chi connectivity index (χ1) is 21.5. The van der Waals surface area contributed by atoms with Crippen LogP contribution in [-0.2, 0) is 32.6 Å². The summed E-state index contributed by atoms with van der Waals surface area (Å²) in [7, 11) is -4.20. The minimum atomic E-state index is -4.20. The molecule has 236 valence electrons. The van der Waals surface area contributed by atoms with Crippen LogP contribution in [0.5, 0.6) is 0 Å². The minimum Gasteiger partial charge on any atom is -0.352 e. The number of hydrogen-bond acceptors (Lipinski definition) is 4. The number of hydrogen-bond donors (Lipinski definition) is 1. The van der Waals surface area contributed by atoms with Crippen LogP contribution in [0.4, 0.5) is 5.69 Å². The van der Waals surface area contributed by atoms with E-state index in [4.69, 9.17) is 11.6 Å². The number of anilines is 1. The third kappa shape index (κ3) is 8.74. The maximum Gasteiger partial charge on any atom is 0.264 e. The van der Waals surface area contributed by atoms with E-state index in [-0.39, 0.29) is 29.8 Å². The van der Waals surface area contributed by atoms with Crippen LogP contribution in [0.2, 0.25) is 5.02 Å². The molecule has 0 heterocycles. The maximum atomic E-state index is 14.6. The van der Waals surface area contributed by atoms with Gasteiger partial charge in [-0.05, 0) is 68.1 Å². The van der Waals surface area contributed by atoms with Gasteiger partial charge >= 0.3 is 0 Å². The molecule has 0 saturated heterocycles. The highest BCUT2D eigenvalue weighted by molar-refractivity contribution is 7.92. The number of carbonyl (C=O) groups is 2. The van der Waals surface area contributed by atoms with Crippen molar-refractivity contribution in [2.75, 3.05) is 10.8 Å². The summed E-state index contributed by atoms with van der Waals surface area (Å²) in [5.41, 5.74) is 3.63. The molecule has 0 aliphatic heterocycles. The molecule has 0 saturated carbocycles. The Bertz CT molecular complexity index is 1720. The fourth-order valence-electron chi connectivity index (χ4n) is 5.09. The molecule has 4 rings (SSSR count). The smallest absolute Gasteiger partial charge is 0.264 e. The average molecular weight is 646 g/mol. The van der Waals surface area contributed by atoms with Gasteiger partial charge in [-0.1, -0.05) is 103 Å². The molecule has 0 aliphatic carbocycles. The van der Waals surface area contributed by atoms with Gasteiger partial charge in [0.1, 0.15) is 12.6 Å². The maximum absolute atomic E-state index is 14.6. The van der Waals surface area contributed by atoms with Gasteiger partial charge in [0.15, 0.2) is 0 Å². The van der Waals surface area contributed by atoms with Crippen molar-refractivity contribution >= 4 is 39.1 Å². The van der Waals surface area contributed by atoms with Crippen molar-refractivity contribution in [1.29, 1.82) is 0 Å². The Labute approximate surface area is 271 Å². The molecular weight excluding hydrogens is 606 g/mol. The molecule has 0 spiro atoms. The number of benzene rings is 4. The highest BCUT2D eigenvalue weighted by Crippen LogP contribution is 2.30. The molecule has 9 heteroatoms. The van der Waals surface area contributed by atoms with E-state index >= 15 is 0 Å². The molecule has 0 aromatic heterocycles.